The number of nitrogens with one attached hydrogen (secondary N) is 1. The molecule has 0 aromatic heterocycles. The molecule has 148 valence electrons. The number of hydrogen-bond donors (Lipinski definition) is 2. The number of carbonyl (C=O) groups excluding carboxylic acids is 1. The van der Waals surface area contributed by atoms with Crippen LogP contribution >= 0.6 is 11.8 Å². The molecule has 0 saturated carbocycles. The summed E-state index contributed by atoms with van der Waals surface area (Å²) in [6.45, 7) is -0.127. The van der Waals surface area contributed by atoms with Gasteiger partial charge < -0.3 is 10.4 Å². The highest BCUT2D eigenvalue weighted by molar-refractivity contribution is 7.99. The van der Waals surface area contributed by atoms with Crippen molar-refractivity contribution in [3.63, 3.8) is 0 Å². The highest BCUT2D eigenvalue weighted by Crippen LogP contribution is 2.37. The fraction of sp³-hybridized carbons (Fsp3) is 0.158. The minimum Gasteiger partial charge on any atom is -0.481 e. The standard InChI is InChI=1S/C19H15F4NO3S/c20-13-3-6-14(7-4-13)28-15-5-1-12(16(11-15)19(21,22)23)2-8-17(25)24-10-9-18(26)27/h1-8,11H,9-10H2,(H,24,25)(H,26,27)/b8-2+. The Morgan fingerprint density at radius 2 is 1.71 bits per heavy atom. The SMILES string of the molecule is O=C(O)CCNC(=O)/C=C/c1ccc(Sc2ccc(F)cc2)cc1C(F)(F)F. The van der Waals surface area contributed by atoms with Crippen LogP contribution in [0.25, 0.3) is 6.08 Å². The van der Waals surface area contributed by atoms with Gasteiger partial charge in [0.1, 0.15) is 5.82 Å². The zero-order chi connectivity index (χ0) is 20.7. The molecule has 0 saturated heterocycles. The number of amides is 1. The highest BCUT2D eigenvalue weighted by atomic mass is 32.2. The number of carbonyl (C=O) groups is 2. The van der Waals surface area contributed by atoms with Gasteiger partial charge in [-0.3, -0.25) is 9.59 Å². The van der Waals surface area contributed by atoms with E-state index in [1.54, 1.807) is 0 Å². The molecule has 0 fully saturated rings. The molecule has 2 aromatic carbocycles. The predicted octanol–water partition coefficient (Wildman–Crippen LogP) is 4.60. The molecular formula is C19H15F4NO3S. The van der Waals surface area contributed by atoms with E-state index in [-0.39, 0.29) is 18.5 Å². The number of halogens is 4. The molecule has 1 amide bonds. The zero-order valence-electron chi connectivity index (χ0n) is 14.3. The lowest BCUT2D eigenvalue weighted by molar-refractivity contribution is -0.138. The van der Waals surface area contributed by atoms with Gasteiger partial charge in [0.2, 0.25) is 5.91 Å². The molecule has 0 spiro atoms. The lowest BCUT2D eigenvalue weighted by atomic mass is 10.1. The highest BCUT2D eigenvalue weighted by Gasteiger charge is 2.33. The van der Waals surface area contributed by atoms with E-state index in [1.165, 1.54) is 36.4 Å². The van der Waals surface area contributed by atoms with Gasteiger partial charge in [-0.1, -0.05) is 17.8 Å². The van der Waals surface area contributed by atoms with Gasteiger partial charge in [0, 0.05) is 22.4 Å². The minimum absolute atomic E-state index is 0.127. The van der Waals surface area contributed by atoms with Crippen LogP contribution in [0, 0.1) is 5.82 Å². The maximum absolute atomic E-state index is 13.4. The topological polar surface area (TPSA) is 66.4 Å². The lowest BCUT2D eigenvalue weighted by Crippen LogP contribution is -2.23. The summed E-state index contributed by atoms with van der Waals surface area (Å²) in [4.78, 5) is 22.9. The van der Waals surface area contributed by atoms with Crippen LogP contribution in [-0.4, -0.2) is 23.5 Å². The molecule has 0 bridgehead atoms. The summed E-state index contributed by atoms with van der Waals surface area (Å²) in [5.41, 5.74) is -1.13. The first kappa shape index (κ1) is 21.5. The van der Waals surface area contributed by atoms with Crippen LogP contribution in [0.3, 0.4) is 0 Å². The summed E-state index contributed by atoms with van der Waals surface area (Å²) < 4.78 is 53.1. The number of alkyl halides is 3. The van der Waals surface area contributed by atoms with Crippen LogP contribution < -0.4 is 5.32 Å². The van der Waals surface area contributed by atoms with E-state index in [9.17, 15) is 27.2 Å². The number of rotatable bonds is 7. The summed E-state index contributed by atoms with van der Waals surface area (Å²) in [5, 5.41) is 10.8. The number of carboxylic acids is 1. The monoisotopic (exact) mass is 413 g/mol. The number of benzene rings is 2. The largest absolute Gasteiger partial charge is 0.481 e. The molecule has 0 aliphatic rings. The van der Waals surface area contributed by atoms with Gasteiger partial charge in [-0.15, -0.1) is 0 Å². The van der Waals surface area contributed by atoms with Crippen molar-refractivity contribution in [2.24, 2.45) is 0 Å². The molecule has 0 heterocycles. The van der Waals surface area contributed by atoms with Crippen LogP contribution in [0.15, 0.2) is 58.3 Å². The van der Waals surface area contributed by atoms with Crippen LogP contribution in [0.5, 0.6) is 0 Å². The van der Waals surface area contributed by atoms with Gasteiger partial charge in [-0.05, 0) is 48.0 Å². The van der Waals surface area contributed by atoms with E-state index in [1.807, 2.05) is 0 Å². The number of aliphatic carboxylic acids is 1. The van der Waals surface area contributed by atoms with Crippen molar-refractivity contribution in [1.29, 1.82) is 0 Å². The molecule has 2 rings (SSSR count). The quantitative estimate of drug-likeness (QED) is 0.514. The maximum Gasteiger partial charge on any atom is 0.417 e. The van der Waals surface area contributed by atoms with Crippen LogP contribution in [0.4, 0.5) is 17.6 Å². The zero-order valence-corrected chi connectivity index (χ0v) is 15.1. The van der Waals surface area contributed by atoms with Gasteiger partial charge >= 0.3 is 12.1 Å². The van der Waals surface area contributed by atoms with Gasteiger partial charge in [0.25, 0.3) is 0 Å². The van der Waals surface area contributed by atoms with Crippen LogP contribution in [-0.2, 0) is 15.8 Å². The lowest BCUT2D eigenvalue weighted by Gasteiger charge is -2.12. The Hall–Kier alpha value is -2.81. The average Bonchev–Trinajstić information content (AvgIpc) is 2.61. The summed E-state index contributed by atoms with van der Waals surface area (Å²) >= 11 is 1.05. The smallest absolute Gasteiger partial charge is 0.417 e. The second-order valence-corrected chi connectivity index (χ2v) is 6.72. The first-order valence-corrected chi connectivity index (χ1v) is 8.79. The molecule has 0 radical (unpaired) electrons. The van der Waals surface area contributed by atoms with Crippen molar-refractivity contribution in [1.82, 2.24) is 5.32 Å². The second kappa shape index (κ2) is 9.41. The summed E-state index contributed by atoms with van der Waals surface area (Å²) in [5.74, 6) is -2.24. The first-order valence-electron chi connectivity index (χ1n) is 7.97. The maximum atomic E-state index is 13.4. The summed E-state index contributed by atoms with van der Waals surface area (Å²) in [7, 11) is 0. The van der Waals surface area contributed by atoms with Crippen molar-refractivity contribution in [3.05, 3.63) is 65.5 Å². The molecule has 9 heteroatoms. The normalized spacial score (nSPS) is 11.6. The van der Waals surface area contributed by atoms with Crippen molar-refractivity contribution in [3.8, 4) is 0 Å². The van der Waals surface area contributed by atoms with Crippen LogP contribution in [0.2, 0.25) is 0 Å². The first-order chi connectivity index (χ1) is 13.1. The fourth-order valence-corrected chi connectivity index (χ4v) is 3.00. The Morgan fingerprint density at radius 1 is 1.07 bits per heavy atom. The third-order valence-electron chi connectivity index (χ3n) is 3.43. The van der Waals surface area contributed by atoms with Crippen LogP contribution in [0.1, 0.15) is 17.5 Å². The van der Waals surface area contributed by atoms with Crippen molar-refractivity contribution in [2.45, 2.75) is 22.4 Å². The Bertz CT molecular complexity index is 880. The summed E-state index contributed by atoms with van der Waals surface area (Å²) in [6.07, 6.45) is -2.99. The number of carboxylic acid groups (broad SMARTS) is 1. The van der Waals surface area contributed by atoms with Gasteiger partial charge in [0.15, 0.2) is 0 Å². The third-order valence-corrected chi connectivity index (χ3v) is 4.43. The van der Waals surface area contributed by atoms with Crippen molar-refractivity contribution in [2.75, 3.05) is 6.54 Å². The average molecular weight is 413 g/mol. The molecular weight excluding hydrogens is 398 g/mol. The molecule has 2 N–H and O–H groups in total. The molecule has 0 aliphatic carbocycles. The van der Waals surface area contributed by atoms with Gasteiger partial charge in [0.05, 0.1) is 12.0 Å². The second-order valence-electron chi connectivity index (χ2n) is 5.57. The van der Waals surface area contributed by atoms with Gasteiger partial charge in [-0.25, -0.2) is 4.39 Å². The molecule has 2 aromatic rings. The molecule has 4 nitrogen and oxygen atoms in total. The van der Waals surface area contributed by atoms with E-state index in [2.05, 4.69) is 5.32 Å². The fourth-order valence-electron chi connectivity index (χ4n) is 2.15. The Morgan fingerprint density at radius 3 is 2.32 bits per heavy atom. The molecule has 28 heavy (non-hydrogen) atoms. The Labute approximate surface area is 162 Å². The van der Waals surface area contributed by atoms with E-state index >= 15 is 0 Å². The Balaban J connectivity index is 2.17. The predicted molar refractivity (Wildman–Crippen MR) is 96.3 cm³/mol. The Kier molecular flexibility index (Phi) is 7.22. The minimum atomic E-state index is -4.64. The summed E-state index contributed by atoms with van der Waals surface area (Å²) in [6, 6.07) is 9.00. The van der Waals surface area contributed by atoms with E-state index in [0.717, 1.165) is 30.0 Å². The van der Waals surface area contributed by atoms with E-state index in [0.29, 0.717) is 9.79 Å². The molecule has 0 atom stereocenters. The van der Waals surface area contributed by atoms with E-state index in [4.69, 9.17) is 5.11 Å². The van der Waals surface area contributed by atoms with Gasteiger partial charge in [-0.2, -0.15) is 13.2 Å². The third kappa shape index (κ3) is 6.73. The van der Waals surface area contributed by atoms with E-state index < -0.39 is 29.4 Å². The molecule has 0 unspecified atom stereocenters. The molecule has 0 aliphatic heterocycles. The number of hydrogen-bond acceptors (Lipinski definition) is 3. The van der Waals surface area contributed by atoms with Crippen molar-refractivity contribution < 1.29 is 32.3 Å². The van der Waals surface area contributed by atoms with Crippen molar-refractivity contribution >= 4 is 29.7 Å².